The molecule has 0 aliphatic carbocycles. The number of anilines is 1. The highest BCUT2D eigenvalue weighted by molar-refractivity contribution is 5.99. The monoisotopic (exact) mass is 497 g/mol. The minimum absolute atomic E-state index is 0.374. The van der Waals surface area contributed by atoms with Crippen molar-refractivity contribution in [2.24, 2.45) is 0 Å². The topological polar surface area (TPSA) is 108 Å². The molecule has 8 nitrogen and oxygen atoms in total. The van der Waals surface area contributed by atoms with E-state index in [1.807, 2.05) is 70.2 Å². The van der Waals surface area contributed by atoms with Crippen LogP contribution in [0.2, 0.25) is 0 Å². The van der Waals surface area contributed by atoms with Crippen LogP contribution in [0.15, 0.2) is 48.5 Å². The van der Waals surface area contributed by atoms with Crippen molar-refractivity contribution in [1.82, 2.24) is 10.2 Å². The maximum Gasteiger partial charge on any atom is 0.408 e. The molecule has 8 heteroatoms. The molecule has 0 aromatic heterocycles. The smallest absolute Gasteiger partial charge is 0.408 e. The van der Waals surface area contributed by atoms with Gasteiger partial charge in [0.25, 0.3) is 5.91 Å². The number of nitrogens with one attached hydrogen (secondary N) is 2. The lowest BCUT2D eigenvalue weighted by molar-refractivity contribution is -0.144. The number of hydrogen-bond acceptors (Lipinski definition) is 5. The molecule has 0 aliphatic heterocycles. The Morgan fingerprint density at radius 1 is 1.03 bits per heavy atom. The molecule has 2 aromatic carbocycles. The van der Waals surface area contributed by atoms with Gasteiger partial charge in [-0.1, -0.05) is 55.0 Å². The molecule has 3 N–H and O–H groups in total. The number of carbonyl (C=O) groups excluding carboxylic acids is 3. The Kier molecular flexibility index (Phi) is 10.0. The van der Waals surface area contributed by atoms with Gasteiger partial charge in [0, 0.05) is 11.7 Å². The third-order valence-electron chi connectivity index (χ3n) is 5.81. The summed E-state index contributed by atoms with van der Waals surface area (Å²) in [6, 6.07) is 12.1. The summed E-state index contributed by atoms with van der Waals surface area (Å²) >= 11 is 0. The largest absolute Gasteiger partial charge is 0.444 e. The van der Waals surface area contributed by atoms with Crippen molar-refractivity contribution in [2.75, 3.05) is 11.9 Å². The summed E-state index contributed by atoms with van der Waals surface area (Å²) in [4.78, 5) is 41.4. The molecule has 36 heavy (non-hydrogen) atoms. The molecule has 0 bridgehead atoms. The van der Waals surface area contributed by atoms with Gasteiger partial charge >= 0.3 is 6.09 Å². The summed E-state index contributed by atoms with van der Waals surface area (Å²) in [6.07, 6.45) is -0.272. The number of aliphatic hydroxyl groups excluding tert-OH is 1. The molecule has 3 atom stereocenters. The lowest BCUT2D eigenvalue weighted by Gasteiger charge is -2.38. The molecule has 0 radical (unpaired) electrons. The summed E-state index contributed by atoms with van der Waals surface area (Å²) in [5, 5.41) is 15.4. The fraction of sp³-hybridized carbons (Fsp3) is 0.464. The van der Waals surface area contributed by atoms with Crippen molar-refractivity contribution in [3.8, 4) is 0 Å². The molecular formula is C28H39N3O5. The minimum atomic E-state index is -1.28. The van der Waals surface area contributed by atoms with Gasteiger partial charge in [0.1, 0.15) is 17.7 Å². The number of nitrogens with zero attached hydrogens (tertiary/aromatic N) is 1. The first-order valence-electron chi connectivity index (χ1n) is 12.2. The Balaban J connectivity index is 2.50. The number of para-hydroxylation sites is 1. The normalized spacial score (nSPS) is 13.8. The average molecular weight is 498 g/mol. The molecule has 3 amide bonds. The number of aryl methyl sites for hydroxylation is 2. The highest BCUT2D eigenvalue weighted by Crippen LogP contribution is 2.28. The van der Waals surface area contributed by atoms with Crippen LogP contribution in [0.3, 0.4) is 0 Å². The molecule has 0 saturated carbocycles. The quantitative estimate of drug-likeness (QED) is 0.473. The summed E-state index contributed by atoms with van der Waals surface area (Å²) in [7, 11) is 0. The van der Waals surface area contributed by atoms with Gasteiger partial charge in [-0.2, -0.15) is 0 Å². The first-order chi connectivity index (χ1) is 16.9. The van der Waals surface area contributed by atoms with Gasteiger partial charge in [-0.3, -0.25) is 9.59 Å². The fourth-order valence-electron chi connectivity index (χ4n) is 3.71. The van der Waals surface area contributed by atoms with Crippen LogP contribution in [0.4, 0.5) is 10.5 Å². The molecule has 0 aliphatic rings. The van der Waals surface area contributed by atoms with E-state index in [-0.39, 0.29) is 6.04 Å². The SMILES string of the molecule is CCC(C)N(C(=O)C(CO)NC(=O)OC(C)(C)C)C(C(=O)Nc1ccccc1C)c1ccc(C)cc1. The lowest BCUT2D eigenvalue weighted by Crippen LogP contribution is -2.56. The number of hydrogen-bond donors (Lipinski definition) is 3. The Morgan fingerprint density at radius 2 is 1.64 bits per heavy atom. The Labute approximate surface area is 214 Å². The Hall–Kier alpha value is -3.39. The molecule has 2 aromatic rings. The number of ether oxygens (including phenoxy) is 1. The van der Waals surface area contributed by atoms with Crippen molar-refractivity contribution < 1.29 is 24.2 Å². The van der Waals surface area contributed by atoms with Crippen molar-refractivity contribution in [2.45, 2.75) is 78.6 Å². The fourth-order valence-corrected chi connectivity index (χ4v) is 3.71. The molecule has 196 valence electrons. The van der Waals surface area contributed by atoms with Crippen molar-refractivity contribution in [3.63, 3.8) is 0 Å². The Bertz CT molecular complexity index is 1050. The summed E-state index contributed by atoms with van der Waals surface area (Å²) in [5.74, 6) is -0.973. The minimum Gasteiger partial charge on any atom is -0.444 e. The van der Waals surface area contributed by atoms with E-state index < -0.39 is 42.2 Å². The molecular weight excluding hydrogens is 458 g/mol. The predicted octanol–water partition coefficient (Wildman–Crippen LogP) is 4.50. The van der Waals surface area contributed by atoms with Crippen LogP contribution in [0, 0.1) is 13.8 Å². The van der Waals surface area contributed by atoms with Crippen LogP contribution in [-0.4, -0.2) is 52.2 Å². The summed E-state index contributed by atoms with van der Waals surface area (Å²) in [6.45, 7) is 12.0. The highest BCUT2D eigenvalue weighted by Gasteiger charge is 2.38. The van der Waals surface area contributed by atoms with Crippen LogP contribution in [-0.2, 0) is 14.3 Å². The van der Waals surface area contributed by atoms with E-state index in [0.717, 1.165) is 11.1 Å². The van der Waals surface area contributed by atoms with Crippen molar-refractivity contribution >= 4 is 23.6 Å². The third-order valence-corrected chi connectivity index (χ3v) is 5.81. The number of amides is 3. The second-order valence-corrected chi connectivity index (χ2v) is 10.0. The van der Waals surface area contributed by atoms with E-state index in [0.29, 0.717) is 17.7 Å². The molecule has 0 heterocycles. The van der Waals surface area contributed by atoms with E-state index in [9.17, 15) is 19.5 Å². The average Bonchev–Trinajstić information content (AvgIpc) is 2.81. The van der Waals surface area contributed by atoms with Crippen molar-refractivity contribution in [1.29, 1.82) is 0 Å². The zero-order chi connectivity index (χ0) is 27.0. The first-order valence-corrected chi connectivity index (χ1v) is 12.2. The van der Waals surface area contributed by atoms with Crippen LogP contribution in [0.5, 0.6) is 0 Å². The standard InChI is InChI=1S/C28H39N3O5/c1-8-20(4)31(26(34)23(17-32)30-27(35)36-28(5,6)7)24(21-15-13-18(2)14-16-21)25(33)29-22-12-10-9-11-19(22)3/h9-16,20,23-24,32H,8,17H2,1-7H3,(H,29,33)(H,30,35). The number of alkyl carbamates (subject to hydrolysis) is 1. The first kappa shape index (κ1) is 28.8. The molecule has 0 spiro atoms. The van der Waals surface area contributed by atoms with Crippen LogP contribution in [0.25, 0.3) is 0 Å². The maximum atomic E-state index is 13.8. The Morgan fingerprint density at radius 3 is 2.17 bits per heavy atom. The zero-order valence-electron chi connectivity index (χ0n) is 22.3. The summed E-state index contributed by atoms with van der Waals surface area (Å²) in [5.41, 5.74) is 2.38. The highest BCUT2D eigenvalue weighted by atomic mass is 16.6. The zero-order valence-corrected chi connectivity index (χ0v) is 22.3. The third kappa shape index (κ3) is 7.81. The van der Waals surface area contributed by atoms with Gasteiger partial charge in [-0.05, 0) is 65.2 Å². The molecule has 0 fully saturated rings. The summed E-state index contributed by atoms with van der Waals surface area (Å²) < 4.78 is 5.27. The van der Waals surface area contributed by atoms with E-state index in [2.05, 4.69) is 10.6 Å². The van der Waals surface area contributed by atoms with Gasteiger partial charge in [-0.25, -0.2) is 4.79 Å². The second kappa shape index (κ2) is 12.5. The van der Waals surface area contributed by atoms with Crippen LogP contribution in [0.1, 0.15) is 63.8 Å². The predicted molar refractivity (Wildman–Crippen MR) is 141 cm³/mol. The van der Waals surface area contributed by atoms with E-state index in [1.54, 1.807) is 26.8 Å². The second-order valence-electron chi connectivity index (χ2n) is 10.0. The van der Waals surface area contributed by atoms with E-state index in [1.165, 1.54) is 4.90 Å². The van der Waals surface area contributed by atoms with Gasteiger partial charge < -0.3 is 25.4 Å². The van der Waals surface area contributed by atoms with Crippen molar-refractivity contribution in [3.05, 3.63) is 65.2 Å². The number of benzene rings is 2. The molecule has 3 unspecified atom stereocenters. The number of carbonyl (C=O) groups is 3. The van der Waals surface area contributed by atoms with Gasteiger partial charge in [0.2, 0.25) is 5.91 Å². The van der Waals surface area contributed by atoms with E-state index >= 15 is 0 Å². The lowest BCUT2D eigenvalue weighted by atomic mass is 9.99. The molecule has 0 saturated heterocycles. The number of aliphatic hydroxyl groups is 1. The maximum absolute atomic E-state index is 13.8. The van der Waals surface area contributed by atoms with E-state index in [4.69, 9.17) is 4.74 Å². The van der Waals surface area contributed by atoms with Gasteiger partial charge in [0.15, 0.2) is 0 Å². The van der Waals surface area contributed by atoms with Gasteiger partial charge in [0.05, 0.1) is 6.61 Å². The molecule has 2 rings (SSSR count). The van der Waals surface area contributed by atoms with Crippen LogP contribution >= 0.6 is 0 Å². The van der Waals surface area contributed by atoms with Gasteiger partial charge in [-0.15, -0.1) is 0 Å². The number of rotatable bonds is 9. The van der Waals surface area contributed by atoms with Crippen LogP contribution < -0.4 is 10.6 Å².